The van der Waals surface area contributed by atoms with Gasteiger partial charge in [0.15, 0.2) is 0 Å². The molecule has 0 bridgehead atoms. The third-order valence-electron chi connectivity index (χ3n) is 3.47. The zero-order valence-corrected chi connectivity index (χ0v) is 12.1. The molecule has 1 aromatic heterocycles. The van der Waals surface area contributed by atoms with Gasteiger partial charge in [0.25, 0.3) is 0 Å². The van der Waals surface area contributed by atoms with E-state index in [9.17, 15) is 9.59 Å². The zero-order chi connectivity index (χ0) is 14.5. The topological polar surface area (TPSA) is 56.0 Å². The number of carbonyl (C=O) groups excluding carboxylic acids is 1. The molecule has 20 heavy (non-hydrogen) atoms. The van der Waals surface area contributed by atoms with Gasteiger partial charge < -0.3 is 5.32 Å². The Bertz CT molecular complexity index is 655. The summed E-state index contributed by atoms with van der Waals surface area (Å²) < 4.78 is 3.34. The lowest BCUT2D eigenvalue weighted by molar-refractivity contribution is -0.121. The largest absolute Gasteiger partial charge is 0.354 e. The average molecular weight is 275 g/mol. The summed E-state index contributed by atoms with van der Waals surface area (Å²) in [6, 6.07) is 7.68. The first-order valence-electron chi connectivity index (χ1n) is 7.06. The van der Waals surface area contributed by atoms with Gasteiger partial charge in [0.1, 0.15) is 0 Å². The van der Waals surface area contributed by atoms with E-state index < -0.39 is 0 Å². The molecule has 0 spiro atoms. The van der Waals surface area contributed by atoms with E-state index in [1.807, 2.05) is 24.3 Å². The third kappa shape index (κ3) is 2.92. The number of amides is 1. The van der Waals surface area contributed by atoms with Crippen LogP contribution in [0, 0.1) is 0 Å². The van der Waals surface area contributed by atoms with E-state index in [2.05, 4.69) is 12.2 Å². The van der Waals surface area contributed by atoms with Crippen molar-refractivity contribution in [3.63, 3.8) is 0 Å². The first kappa shape index (κ1) is 14.4. The van der Waals surface area contributed by atoms with Gasteiger partial charge >= 0.3 is 5.69 Å². The molecule has 1 heterocycles. The van der Waals surface area contributed by atoms with E-state index in [1.54, 1.807) is 16.2 Å². The van der Waals surface area contributed by atoms with E-state index in [1.165, 1.54) is 0 Å². The number of aryl methyl sites for hydroxylation is 1. The summed E-state index contributed by atoms with van der Waals surface area (Å²) in [6.07, 6.45) is 2.47. The van der Waals surface area contributed by atoms with Crippen LogP contribution in [0.4, 0.5) is 0 Å². The minimum absolute atomic E-state index is 0.0472. The van der Waals surface area contributed by atoms with Crippen LogP contribution in [0.2, 0.25) is 0 Å². The molecule has 0 fully saturated rings. The predicted octanol–water partition coefficient (Wildman–Crippen LogP) is 1.65. The summed E-state index contributed by atoms with van der Waals surface area (Å²) in [5.74, 6) is 0.0557. The average Bonchev–Trinajstić information content (AvgIpc) is 2.70. The molecule has 0 saturated heterocycles. The molecular weight excluding hydrogens is 254 g/mol. The lowest BCUT2D eigenvalue weighted by atomic mass is 10.2. The van der Waals surface area contributed by atoms with Crippen LogP contribution in [-0.4, -0.2) is 21.6 Å². The van der Waals surface area contributed by atoms with E-state index in [-0.39, 0.29) is 11.6 Å². The van der Waals surface area contributed by atoms with Crippen molar-refractivity contribution in [1.29, 1.82) is 0 Å². The van der Waals surface area contributed by atoms with Crippen molar-refractivity contribution < 1.29 is 4.79 Å². The second kappa shape index (κ2) is 6.41. The molecule has 0 aliphatic rings. The molecule has 1 N–H and O–H groups in total. The van der Waals surface area contributed by atoms with E-state index in [4.69, 9.17) is 0 Å². The van der Waals surface area contributed by atoms with Crippen molar-refractivity contribution in [3.05, 3.63) is 34.7 Å². The van der Waals surface area contributed by atoms with Crippen LogP contribution >= 0.6 is 0 Å². The molecule has 0 atom stereocenters. The van der Waals surface area contributed by atoms with Gasteiger partial charge in [-0.25, -0.2) is 4.79 Å². The first-order valence-corrected chi connectivity index (χ1v) is 7.06. The Balaban J connectivity index is 2.05. The minimum Gasteiger partial charge on any atom is -0.354 e. The van der Waals surface area contributed by atoms with Gasteiger partial charge in [-0.15, -0.1) is 0 Å². The first-order chi connectivity index (χ1) is 9.65. The van der Waals surface area contributed by atoms with E-state index in [0.29, 0.717) is 19.5 Å². The maximum atomic E-state index is 12.1. The van der Waals surface area contributed by atoms with Crippen molar-refractivity contribution in [2.75, 3.05) is 6.54 Å². The highest BCUT2D eigenvalue weighted by Crippen LogP contribution is 2.10. The molecule has 5 heteroatoms. The standard InChI is InChI=1S/C15H21N3O2/c1-3-4-9-14(19)16-10-11-18-13-8-6-5-7-12(13)17(2)15(18)20/h5-8H,3-4,9-11H2,1-2H3,(H,16,19). The van der Waals surface area contributed by atoms with Crippen molar-refractivity contribution in [1.82, 2.24) is 14.5 Å². The normalized spacial score (nSPS) is 10.9. The fourth-order valence-electron chi connectivity index (χ4n) is 2.31. The van der Waals surface area contributed by atoms with Crippen molar-refractivity contribution in [2.24, 2.45) is 7.05 Å². The van der Waals surface area contributed by atoms with Crippen LogP contribution in [0.15, 0.2) is 29.1 Å². The molecule has 1 amide bonds. The minimum atomic E-state index is -0.0472. The maximum Gasteiger partial charge on any atom is 0.328 e. The van der Waals surface area contributed by atoms with Gasteiger partial charge in [0.2, 0.25) is 5.91 Å². The Hall–Kier alpha value is -2.04. The monoisotopic (exact) mass is 275 g/mol. The summed E-state index contributed by atoms with van der Waals surface area (Å²) in [6.45, 7) is 3.04. The molecule has 1 aromatic carbocycles. The van der Waals surface area contributed by atoms with Crippen LogP contribution in [0.3, 0.4) is 0 Å². The zero-order valence-electron chi connectivity index (χ0n) is 12.1. The van der Waals surface area contributed by atoms with E-state index >= 15 is 0 Å². The number of para-hydroxylation sites is 2. The summed E-state index contributed by atoms with van der Waals surface area (Å²) in [7, 11) is 1.76. The molecule has 0 aliphatic carbocycles. The number of hydrogen-bond donors (Lipinski definition) is 1. The number of nitrogens with one attached hydrogen (secondary N) is 1. The lowest BCUT2D eigenvalue weighted by Crippen LogP contribution is -2.31. The third-order valence-corrected chi connectivity index (χ3v) is 3.47. The van der Waals surface area contributed by atoms with E-state index in [0.717, 1.165) is 23.9 Å². The summed E-state index contributed by atoms with van der Waals surface area (Å²) >= 11 is 0. The van der Waals surface area contributed by atoms with Crippen molar-refractivity contribution in [3.8, 4) is 0 Å². The number of carbonyl (C=O) groups is 1. The number of rotatable bonds is 6. The van der Waals surface area contributed by atoms with Crippen LogP contribution in [0.5, 0.6) is 0 Å². The van der Waals surface area contributed by atoms with Crippen LogP contribution in [-0.2, 0) is 18.4 Å². The summed E-state index contributed by atoms with van der Waals surface area (Å²) in [4.78, 5) is 23.7. The fourth-order valence-corrected chi connectivity index (χ4v) is 2.31. The molecule has 2 rings (SSSR count). The van der Waals surface area contributed by atoms with Gasteiger partial charge in [-0.05, 0) is 18.6 Å². The quantitative estimate of drug-likeness (QED) is 0.871. The highest BCUT2D eigenvalue weighted by atomic mass is 16.2. The van der Waals surface area contributed by atoms with Crippen LogP contribution < -0.4 is 11.0 Å². The maximum absolute atomic E-state index is 12.1. The molecular formula is C15H21N3O2. The van der Waals surface area contributed by atoms with Gasteiger partial charge in [0, 0.05) is 26.6 Å². The Labute approximate surface area is 118 Å². The molecule has 108 valence electrons. The Morgan fingerprint density at radius 2 is 1.95 bits per heavy atom. The number of hydrogen-bond acceptors (Lipinski definition) is 2. The number of imidazole rings is 1. The van der Waals surface area contributed by atoms with Crippen LogP contribution in [0.1, 0.15) is 26.2 Å². The summed E-state index contributed by atoms with van der Waals surface area (Å²) in [5, 5.41) is 2.86. The number of benzene rings is 1. The fraction of sp³-hybridized carbons (Fsp3) is 0.467. The highest BCUT2D eigenvalue weighted by Gasteiger charge is 2.09. The number of nitrogens with zero attached hydrogens (tertiary/aromatic N) is 2. The second-order valence-electron chi connectivity index (χ2n) is 4.94. The SMILES string of the molecule is CCCCC(=O)NCCn1c(=O)n(C)c2ccccc21. The number of fused-ring (bicyclic) bond motifs is 1. The second-order valence-corrected chi connectivity index (χ2v) is 4.94. The molecule has 0 saturated carbocycles. The van der Waals surface area contributed by atoms with Gasteiger partial charge in [0.05, 0.1) is 11.0 Å². The Morgan fingerprint density at radius 1 is 1.25 bits per heavy atom. The van der Waals surface area contributed by atoms with Crippen molar-refractivity contribution >= 4 is 16.9 Å². The molecule has 0 aliphatic heterocycles. The van der Waals surface area contributed by atoms with Gasteiger partial charge in [-0.1, -0.05) is 25.5 Å². The molecule has 0 radical (unpaired) electrons. The van der Waals surface area contributed by atoms with Crippen molar-refractivity contribution in [2.45, 2.75) is 32.7 Å². The molecule has 5 nitrogen and oxygen atoms in total. The predicted molar refractivity (Wildman–Crippen MR) is 79.7 cm³/mol. The lowest BCUT2D eigenvalue weighted by Gasteiger charge is -2.06. The smallest absolute Gasteiger partial charge is 0.328 e. The van der Waals surface area contributed by atoms with Crippen LogP contribution in [0.25, 0.3) is 11.0 Å². The highest BCUT2D eigenvalue weighted by molar-refractivity contribution is 5.76. The number of unbranched alkanes of at least 4 members (excludes halogenated alkanes) is 1. The Morgan fingerprint density at radius 3 is 2.65 bits per heavy atom. The molecule has 2 aromatic rings. The molecule has 0 unspecified atom stereocenters. The Kier molecular flexibility index (Phi) is 4.61. The number of aromatic nitrogens is 2. The van der Waals surface area contributed by atoms with Gasteiger partial charge in [-0.3, -0.25) is 13.9 Å². The summed E-state index contributed by atoms with van der Waals surface area (Å²) in [5.41, 5.74) is 1.77. The van der Waals surface area contributed by atoms with Gasteiger partial charge in [-0.2, -0.15) is 0 Å².